The Morgan fingerprint density at radius 3 is 1.34 bits per heavy atom. The minimum atomic E-state index is -4.13. The Balaban J connectivity index is 1.26. The van der Waals surface area contributed by atoms with Crippen molar-refractivity contribution in [3.8, 4) is 17.2 Å². The molecule has 0 spiro atoms. The molecule has 4 aliphatic rings. The van der Waals surface area contributed by atoms with Crippen molar-refractivity contribution in [2.24, 2.45) is 11.4 Å². The number of benzene rings is 3. The number of hydrogen-bond donors (Lipinski definition) is 5. The zero-order valence-corrected chi connectivity index (χ0v) is 35.7. The van der Waals surface area contributed by atoms with Crippen molar-refractivity contribution in [3.63, 3.8) is 0 Å². The first-order valence-electron chi connectivity index (χ1n) is 20.9. The lowest BCUT2D eigenvalue weighted by molar-refractivity contribution is 0.119. The van der Waals surface area contributed by atoms with Gasteiger partial charge in [-0.15, -0.1) is 0 Å². The number of aromatic nitrogens is 4. The molecule has 2 unspecified atom stereocenters. The van der Waals surface area contributed by atoms with E-state index in [1.54, 1.807) is 6.07 Å². The predicted molar refractivity (Wildman–Crippen MR) is 235 cm³/mol. The van der Waals surface area contributed by atoms with E-state index < -0.39 is 29.4 Å². The third kappa shape index (κ3) is 5.55. The highest BCUT2D eigenvalue weighted by atomic mass is 31.2. The van der Waals surface area contributed by atoms with Crippen molar-refractivity contribution in [1.29, 1.82) is 0 Å². The van der Waals surface area contributed by atoms with Gasteiger partial charge in [0, 0.05) is 51.5 Å². The fourth-order valence-corrected chi connectivity index (χ4v) is 11.1. The van der Waals surface area contributed by atoms with E-state index in [0.717, 1.165) is 67.8 Å². The van der Waals surface area contributed by atoms with Crippen LogP contribution in [-0.2, 0) is 30.7 Å². The van der Waals surface area contributed by atoms with Crippen LogP contribution in [0.5, 0.6) is 17.2 Å². The Labute approximate surface area is 354 Å². The molecule has 0 saturated heterocycles. The van der Waals surface area contributed by atoms with E-state index in [1.807, 2.05) is 49.4 Å². The summed E-state index contributed by atoms with van der Waals surface area (Å²) in [6.45, 7) is 11.0. The van der Waals surface area contributed by atoms with Gasteiger partial charge in [0.2, 0.25) is 6.79 Å². The van der Waals surface area contributed by atoms with Crippen LogP contribution in [0.4, 0.5) is 0 Å². The van der Waals surface area contributed by atoms with Gasteiger partial charge in [0.25, 0.3) is 0 Å². The summed E-state index contributed by atoms with van der Waals surface area (Å²) in [5, 5.41) is 0. The molecule has 10 nitrogen and oxygen atoms in total. The summed E-state index contributed by atoms with van der Waals surface area (Å²) in [4.78, 5) is 16.0. The Kier molecular flexibility index (Phi) is 8.07. The topological polar surface area (TPSA) is 143 Å². The van der Waals surface area contributed by atoms with Crippen LogP contribution in [0.1, 0.15) is 103 Å². The maximum Gasteiger partial charge on any atom is 0.509 e. The molecule has 1 aliphatic carbocycles. The van der Waals surface area contributed by atoms with Crippen LogP contribution in [-0.4, -0.2) is 26.7 Å². The molecule has 61 heavy (non-hydrogen) atoms. The molecule has 20 bridgehead atoms. The number of fused-ring (bicyclic) bond motifs is 19. The van der Waals surface area contributed by atoms with Crippen molar-refractivity contribution in [1.82, 2.24) is 19.9 Å². The molecule has 0 amide bonds. The fourth-order valence-electron chi connectivity index (χ4n) is 10.1. The Morgan fingerprint density at radius 1 is 0.541 bits per heavy atom. The van der Waals surface area contributed by atoms with Gasteiger partial charge in [-0.05, 0) is 147 Å². The van der Waals surface area contributed by atoms with E-state index in [4.69, 9.17) is 24.0 Å². The number of aromatic amines is 4. The Morgan fingerprint density at radius 2 is 0.918 bits per heavy atom. The van der Waals surface area contributed by atoms with Gasteiger partial charge >= 0.3 is 7.75 Å². The maximum absolute atomic E-state index is 14.1. The van der Waals surface area contributed by atoms with Gasteiger partial charge in [-0.1, -0.05) is 49.4 Å². The van der Waals surface area contributed by atoms with Gasteiger partial charge in [0.05, 0.1) is 21.7 Å². The highest BCUT2D eigenvalue weighted by Gasteiger charge is 2.45. The van der Waals surface area contributed by atoms with Crippen LogP contribution in [0.15, 0.2) is 145 Å². The smallest absolute Gasteiger partial charge is 0.457 e. The van der Waals surface area contributed by atoms with Crippen LogP contribution < -0.4 is 19.5 Å². The van der Waals surface area contributed by atoms with E-state index in [2.05, 4.69) is 133 Å². The van der Waals surface area contributed by atoms with Crippen molar-refractivity contribution < 1.29 is 23.1 Å². The molecule has 0 saturated carbocycles. The number of rotatable bonds is 0. The second-order valence-electron chi connectivity index (χ2n) is 17.7. The standard InChI is InChI=1S/C50H48N5O5P/c1-30-15-16-34-28-38(30)60-61(51,56)59-37-14-8-11-33(27-37)49(4)43-20-19-41(53-43)47(2)31-9-6-12-35(25-31)57-29-58-36-13-7-10-32(26-36)48(3,40-18-17-39(47)52-40)42-21-23-45(54-42)50(34,5)46-24-22-44(49)55-46/h6-14,16-28,30,52-55H,15,29H2,1-5H3,(H2,51,56)/t30?,47-,48+,49-,50+,61?/m1/s1. The molecule has 11 rings (SSSR count). The predicted octanol–water partition coefficient (Wildman–Crippen LogP) is 10.7. The number of nitrogens with two attached hydrogens (primary N) is 1. The van der Waals surface area contributed by atoms with Crippen LogP contribution in [0.25, 0.3) is 0 Å². The average molecular weight is 830 g/mol. The molecule has 3 aliphatic heterocycles. The Bertz CT molecular complexity index is 3010. The number of nitrogens with one attached hydrogen (secondary N) is 4. The summed E-state index contributed by atoms with van der Waals surface area (Å²) in [5.74, 6) is 2.18. The average Bonchev–Trinajstić information content (AvgIpc) is 4.11. The molecule has 7 heterocycles. The van der Waals surface area contributed by atoms with E-state index in [1.165, 1.54) is 0 Å². The number of ether oxygens (including phenoxy) is 2. The highest BCUT2D eigenvalue weighted by Crippen LogP contribution is 2.52. The fraction of sp³-hybridized carbons (Fsp3) is 0.240. The molecular formula is C50H48N5O5P. The van der Waals surface area contributed by atoms with E-state index in [-0.39, 0.29) is 12.7 Å². The zero-order valence-electron chi connectivity index (χ0n) is 34.8. The molecule has 3 aromatic carbocycles. The van der Waals surface area contributed by atoms with Crippen molar-refractivity contribution >= 4 is 7.75 Å². The maximum atomic E-state index is 14.1. The monoisotopic (exact) mass is 829 g/mol. The normalized spacial score (nSPS) is 28.7. The van der Waals surface area contributed by atoms with E-state index >= 15 is 0 Å². The highest BCUT2D eigenvalue weighted by molar-refractivity contribution is 7.51. The largest absolute Gasteiger partial charge is 0.509 e. The second kappa shape index (κ2) is 13.1. The first-order valence-corrected chi connectivity index (χ1v) is 22.5. The summed E-state index contributed by atoms with van der Waals surface area (Å²) in [6, 6.07) is 41.7. The van der Waals surface area contributed by atoms with Gasteiger partial charge in [0.1, 0.15) is 23.0 Å². The lowest BCUT2D eigenvalue weighted by atomic mass is 9.73. The first kappa shape index (κ1) is 37.6. The van der Waals surface area contributed by atoms with Gasteiger partial charge in [0.15, 0.2) is 0 Å². The lowest BCUT2D eigenvalue weighted by Gasteiger charge is -2.36. The summed E-state index contributed by atoms with van der Waals surface area (Å²) in [6.07, 6.45) is 4.90. The van der Waals surface area contributed by atoms with Gasteiger partial charge in [-0.2, -0.15) is 0 Å². The summed E-state index contributed by atoms with van der Waals surface area (Å²) in [7, 11) is -4.13. The van der Waals surface area contributed by atoms with Gasteiger partial charge < -0.3 is 38.5 Å². The third-order valence-electron chi connectivity index (χ3n) is 14.3. The van der Waals surface area contributed by atoms with E-state index in [0.29, 0.717) is 29.4 Å². The summed E-state index contributed by atoms with van der Waals surface area (Å²) in [5.41, 5.74) is 15.2. The number of hydrogen-bond acceptors (Lipinski definition) is 5. The quantitative estimate of drug-likeness (QED) is 0.0963. The Hall–Kier alpha value is -6.35. The summed E-state index contributed by atoms with van der Waals surface area (Å²) >= 11 is 0. The summed E-state index contributed by atoms with van der Waals surface area (Å²) < 4.78 is 39.1. The molecule has 308 valence electrons. The van der Waals surface area contributed by atoms with Crippen molar-refractivity contribution in [2.45, 2.75) is 62.7 Å². The van der Waals surface area contributed by atoms with Gasteiger partial charge in [-0.25, -0.2) is 10.1 Å². The van der Waals surface area contributed by atoms with Crippen LogP contribution >= 0.6 is 7.75 Å². The van der Waals surface area contributed by atoms with Crippen LogP contribution in [0.3, 0.4) is 0 Å². The SMILES string of the molecule is CC1CC=C2C=C1OP(N)(=O)Oc1cccc(c1)[C@@]1(C)c3ccc([nH]3)[C@]2(C)c2ccc([nH]2)[C@@]2(C)c3cccc(c3)OCOc3cccc(c3)[C@@](C)(c3ccc1[nH]3)c1ccc2[nH]1. The van der Waals surface area contributed by atoms with Crippen molar-refractivity contribution in [3.05, 3.63) is 207 Å². The number of allylic oxidation sites excluding steroid dienone is 4. The molecule has 11 heteroatoms. The molecule has 6 atom stereocenters. The zero-order chi connectivity index (χ0) is 41.9. The minimum Gasteiger partial charge on any atom is -0.457 e. The molecule has 7 aromatic rings. The van der Waals surface area contributed by atoms with E-state index in [9.17, 15) is 4.57 Å². The van der Waals surface area contributed by atoms with Crippen molar-refractivity contribution in [2.75, 3.05) is 6.79 Å². The molecule has 6 N–H and O–H groups in total. The van der Waals surface area contributed by atoms with Gasteiger partial charge in [-0.3, -0.25) is 0 Å². The lowest BCUT2D eigenvalue weighted by Crippen LogP contribution is -2.32. The first-order chi connectivity index (χ1) is 29.3. The van der Waals surface area contributed by atoms with Crippen LogP contribution in [0, 0.1) is 5.92 Å². The molecule has 0 radical (unpaired) electrons. The second-order valence-corrected chi connectivity index (χ2v) is 19.1. The van der Waals surface area contributed by atoms with Crippen LogP contribution in [0.2, 0.25) is 0 Å². The molecule has 0 fully saturated rings. The third-order valence-corrected chi connectivity index (χ3v) is 15.2. The molecular weight excluding hydrogens is 782 g/mol. The molecule has 4 aromatic heterocycles. The minimum absolute atomic E-state index is 0.0482. The number of H-pyrrole nitrogens is 4.